The van der Waals surface area contributed by atoms with E-state index in [2.05, 4.69) is 14.8 Å². The Morgan fingerprint density at radius 3 is 2.71 bits per heavy atom. The molecule has 0 aliphatic carbocycles. The first kappa shape index (κ1) is 16.4. The Kier molecular flexibility index (Phi) is 4.25. The number of carboxylic acid groups (broad SMARTS) is 1. The van der Waals surface area contributed by atoms with Gasteiger partial charge >= 0.3 is 12.6 Å². The lowest BCUT2D eigenvalue weighted by Crippen LogP contribution is -2.07. The van der Waals surface area contributed by atoms with Gasteiger partial charge in [-0.15, -0.1) is 0 Å². The fraction of sp³-hybridized carbons (Fsp3) is 0.0714. The summed E-state index contributed by atoms with van der Waals surface area (Å²) in [7, 11) is 0. The van der Waals surface area contributed by atoms with Crippen molar-refractivity contribution in [2.45, 2.75) is 6.61 Å². The van der Waals surface area contributed by atoms with Gasteiger partial charge in [0.05, 0.1) is 10.9 Å². The lowest BCUT2D eigenvalue weighted by molar-refractivity contribution is -0.0498. The number of carbonyl (C=O) groups is 1. The number of rotatable bonds is 4. The average Bonchev–Trinajstić information content (AvgIpc) is 2.87. The highest BCUT2D eigenvalue weighted by Crippen LogP contribution is 2.32. The molecule has 0 radical (unpaired) electrons. The maximum absolute atomic E-state index is 12.6. The van der Waals surface area contributed by atoms with Crippen LogP contribution < -0.4 is 4.74 Å². The number of carboxylic acids is 1. The summed E-state index contributed by atoms with van der Waals surface area (Å²) in [5.74, 6) is -1.52. The number of aromatic nitrogens is 3. The predicted octanol–water partition coefficient (Wildman–Crippen LogP) is 4.03. The zero-order valence-corrected chi connectivity index (χ0v) is 13.1. The molecule has 3 rings (SSSR count). The Hall–Kier alpha value is -2.45. The smallest absolute Gasteiger partial charge is 0.387 e. The molecule has 10 heteroatoms. The second-order valence-corrected chi connectivity index (χ2v) is 5.40. The molecular weight excluding hydrogens is 367 g/mol. The standard InChI is InChI=1S/C14H7Cl2F2N3O3/c15-6-1-2-10(24-14(17)18)9(3-6)21-8-4-11(16)19-5-7(8)12(20-21)13(22)23/h1-5,14H,(H,22,23). The Labute approximate surface area is 143 Å². The van der Waals surface area contributed by atoms with E-state index in [0.29, 0.717) is 0 Å². The van der Waals surface area contributed by atoms with Crippen molar-refractivity contribution >= 4 is 40.1 Å². The fourth-order valence-electron chi connectivity index (χ4n) is 2.18. The number of benzene rings is 1. The Bertz CT molecular complexity index is 946. The minimum atomic E-state index is -3.07. The van der Waals surface area contributed by atoms with Crippen molar-refractivity contribution in [3.8, 4) is 11.4 Å². The molecule has 0 spiro atoms. The van der Waals surface area contributed by atoms with Gasteiger partial charge in [0.1, 0.15) is 10.8 Å². The number of halogens is 4. The summed E-state index contributed by atoms with van der Waals surface area (Å²) in [5, 5.41) is 13.7. The molecule has 0 aliphatic rings. The van der Waals surface area contributed by atoms with Crippen LogP contribution in [0.4, 0.5) is 8.78 Å². The van der Waals surface area contributed by atoms with Gasteiger partial charge < -0.3 is 9.84 Å². The molecule has 0 fully saturated rings. The zero-order valence-electron chi connectivity index (χ0n) is 11.6. The molecule has 0 aliphatic heterocycles. The Morgan fingerprint density at radius 2 is 2.04 bits per heavy atom. The minimum Gasteiger partial charge on any atom is -0.476 e. The lowest BCUT2D eigenvalue weighted by Gasteiger charge is -2.12. The molecular formula is C14H7Cl2F2N3O3. The van der Waals surface area contributed by atoms with E-state index in [9.17, 15) is 18.7 Å². The maximum atomic E-state index is 12.6. The van der Waals surface area contributed by atoms with Gasteiger partial charge in [0.2, 0.25) is 0 Å². The van der Waals surface area contributed by atoms with Crippen LogP contribution in [-0.4, -0.2) is 32.5 Å². The number of nitrogens with zero attached hydrogens (tertiary/aromatic N) is 3. The molecule has 24 heavy (non-hydrogen) atoms. The van der Waals surface area contributed by atoms with Crippen LogP contribution in [0.25, 0.3) is 16.6 Å². The molecule has 0 bridgehead atoms. The van der Waals surface area contributed by atoms with Gasteiger partial charge in [-0.1, -0.05) is 23.2 Å². The first-order valence-corrected chi connectivity index (χ1v) is 7.14. The maximum Gasteiger partial charge on any atom is 0.387 e. The SMILES string of the molecule is O=C(O)c1nn(-c2cc(Cl)ccc2OC(F)F)c2cc(Cl)ncc12. The first-order chi connectivity index (χ1) is 11.4. The lowest BCUT2D eigenvalue weighted by atomic mass is 10.2. The van der Waals surface area contributed by atoms with Gasteiger partial charge in [0, 0.05) is 17.3 Å². The van der Waals surface area contributed by atoms with E-state index in [1.54, 1.807) is 0 Å². The van der Waals surface area contributed by atoms with Crippen LogP contribution in [-0.2, 0) is 0 Å². The predicted molar refractivity (Wildman–Crippen MR) is 82.5 cm³/mol. The summed E-state index contributed by atoms with van der Waals surface area (Å²) in [6.45, 7) is -3.07. The van der Waals surface area contributed by atoms with Crippen LogP contribution in [0, 0.1) is 0 Å². The fourth-order valence-corrected chi connectivity index (χ4v) is 2.50. The normalized spacial score (nSPS) is 11.2. The van der Waals surface area contributed by atoms with Crippen LogP contribution >= 0.6 is 23.2 Å². The largest absolute Gasteiger partial charge is 0.476 e. The molecule has 0 unspecified atom stereocenters. The van der Waals surface area contributed by atoms with Crippen molar-refractivity contribution in [3.05, 3.63) is 46.3 Å². The minimum absolute atomic E-state index is 0.0440. The summed E-state index contributed by atoms with van der Waals surface area (Å²) in [4.78, 5) is 15.2. The molecule has 2 aromatic heterocycles. The molecule has 6 nitrogen and oxygen atoms in total. The summed E-state index contributed by atoms with van der Waals surface area (Å²) in [6, 6.07) is 5.29. The molecule has 0 amide bonds. The topological polar surface area (TPSA) is 77.2 Å². The van der Waals surface area contributed by atoms with Crippen molar-refractivity contribution in [3.63, 3.8) is 0 Å². The molecule has 0 saturated heterocycles. The second-order valence-electron chi connectivity index (χ2n) is 4.58. The number of fused-ring (bicyclic) bond motifs is 1. The van der Waals surface area contributed by atoms with Crippen LogP contribution in [0.2, 0.25) is 10.2 Å². The molecule has 2 heterocycles. The summed E-state index contributed by atoms with van der Waals surface area (Å²) < 4.78 is 30.8. The number of ether oxygens (including phenoxy) is 1. The second kappa shape index (κ2) is 6.21. The number of pyridine rings is 1. The molecule has 124 valence electrons. The zero-order chi connectivity index (χ0) is 17.4. The van der Waals surface area contributed by atoms with Crippen molar-refractivity contribution in [2.24, 2.45) is 0 Å². The van der Waals surface area contributed by atoms with E-state index in [-0.39, 0.29) is 38.2 Å². The van der Waals surface area contributed by atoms with E-state index in [4.69, 9.17) is 23.2 Å². The van der Waals surface area contributed by atoms with Gasteiger partial charge in [-0.3, -0.25) is 0 Å². The Morgan fingerprint density at radius 1 is 1.29 bits per heavy atom. The summed E-state index contributed by atoms with van der Waals surface area (Å²) in [6.07, 6.45) is 1.24. The van der Waals surface area contributed by atoms with Gasteiger partial charge in [0.15, 0.2) is 11.4 Å². The van der Waals surface area contributed by atoms with Crippen LogP contribution in [0.1, 0.15) is 10.5 Å². The van der Waals surface area contributed by atoms with E-state index in [1.165, 1.54) is 30.5 Å². The number of aromatic carboxylic acids is 1. The quantitative estimate of drug-likeness (QED) is 0.698. The highest BCUT2D eigenvalue weighted by atomic mass is 35.5. The van der Waals surface area contributed by atoms with E-state index < -0.39 is 12.6 Å². The van der Waals surface area contributed by atoms with Gasteiger partial charge in [-0.25, -0.2) is 14.5 Å². The summed E-state index contributed by atoms with van der Waals surface area (Å²) in [5.41, 5.74) is -0.00603. The van der Waals surface area contributed by atoms with Crippen molar-refractivity contribution < 1.29 is 23.4 Å². The highest BCUT2D eigenvalue weighted by Gasteiger charge is 2.21. The van der Waals surface area contributed by atoms with Crippen LogP contribution in [0.5, 0.6) is 5.75 Å². The number of hydrogen-bond acceptors (Lipinski definition) is 4. The van der Waals surface area contributed by atoms with E-state index in [0.717, 1.165) is 4.68 Å². The third-order valence-electron chi connectivity index (χ3n) is 3.10. The van der Waals surface area contributed by atoms with Gasteiger partial charge in [0.25, 0.3) is 0 Å². The van der Waals surface area contributed by atoms with E-state index >= 15 is 0 Å². The molecule has 0 saturated carbocycles. The van der Waals surface area contributed by atoms with Crippen LogP contribution in [0.3, 0.4) is 0 Å². The highest BCUT2D eigenvalue weighted by molar-refractivity contribution is 6.31. The number of hydrogen-bond donors (Lipinski definition) is 1. The molecule has 1 aromatic carbocycles. The van der Waals surface area contributed by atoms with Crippen molar-refractivity contribution in [2.75, 3.05) is 0 Å². The number of alkyl halides is 2. The monoisotopic (exact) mass is 373 g/mol. The summed E-state index contributed by atoms with van der Waals surface area (Å²) >= 11 is 11.8. The molecule has 0 atom stereocenters. The van der Waals surface area contributed by atoms with Crippen LogP contribution in [0.15, 0.2) is 30.5 Å². The van der Waals surface area contributed by atoms with Crippen molar-refractivity contribution in [1.82, 2.24) is 14.8 Å². The third-order valence-corrected chi connectivity index (χ3v) is 3.54. The van der Waals surface area contributed by atoms with Gasteiger partial charge in [-0.05, 0) is 18.2 Å². The molecule has 1 N–H and O–H groups in total. The van der Waals surface area contributed by atoms with Crippen molar-refractivity contribution in [1.29, 1.82) is 0 Å². The molecule has 3 aromatic rings. The first-order valence-electron chi connectivity index (χ1n) is 6.39. The third kappa shape index (κ3) is 2.98. The van der Waals surface area contributed by atoms with E-state index in [1.807, 2.05) is 0 Å². The Balaban J connectivity index is 2.32. The van der Waals surface area contributed by atoms with Gasteiger partial charge in [-0.2, -0.15) is 13.9 Å². The average molecular weight is 374 g/mol.